The number of hydrogen-bond acceptors (Lipinski definition) is 3. The second-order valence-corrected chi connectivity index (χ2v) is 6.00. The van der Waals surface area contributed by atoms with Gasteiger partial charge in [-0.2, -0.15) is 0 Å². The molecule has 0 aromatic heterocycles. The number of rotatable bonds is 8. The Morgan fingerprint density at radius 3 is 2.29 bits per heavy atom. The summed E-state index contributed by atoms with van der Waals surface area (Å²) in [5.74, 6) is -1.80. The van der Waals surface area contributed by atoms with Gasteiger partial charge in [0.15, 0.2) is 0 Å². The summed E-state index contributed by atoms with van der Waals surface area (Å²) in [6.07, 6.45) is 0.507. The maximum Gasteiger partial charge on any atom is 0.310 e. The van der Waals surface area contributed by atoms with Crippen molar-refractivity contribution in [2.75, 3.05) is 11.9 Å². The van der Waals surface area contributed by atoms with Crippen LogP contribution < -0.4 is 10.6 Å². The topological polar surface area (TPSA) is 95.5 Å². The van der Waals surface area contributed by atoms with Gasteiger partial charge in [-0.25, -0.2) is 0 Å². The molecule has 2 amide bonds. The van der Waals surface area contributed by atoms with Gasteiger partial charge in [0.25, 0.3) is 5.91 Å². The van der Waals surface area contributed by atoms with Gasteiger partial charge in [0, 0.05) is 18.0 Å². The molecule has 3 N–H and O–H groups in total. The Morgan fingerprint density at radius 2 is 1.79 bits per heavy atom. The Bertz CT molecular complexity index is 627. The number of carboxylic acid groups (broad SMARTS) is 1. The summed E-state index contributed by atoms with van der Waals surface area (Å²) in [5, 5.41) is 15.1. The van der Waals surface area contributed by atoms with Gasteiger partial charge in [0.05, 0.1) is 16.7 Å². The van der Waals surface area contributed by atoms with Crippen LogP contribution in [0.1, 0.15) is 50.4 Å². The first-order valence-electron chi connectivity index (χ1n) is 7.90. The minimum absolute atomic E-state index is 0.170. The average Bonchev–Trinajstić information content (AvgIpc) is 2.52. The number of carboxylic acids is 1. The molecule has 1 aromatic rings. The number of carbonyl (C=O) groups is 3. The highest BCUT2D eigenvalue weighted by atomic mass is 35.5. The Balaban J connectivity index is 3.03. The monoisotopic (exact) mass is 354 g/mol. The number of halogens is 1. The van der Waals surface area contributed by atoms with Crippen molar-refractivity contribution in [1.82, 2.24) is 5.32 Å². The van der Waals surface area contributed by atoms with Crippen LogP contribution in [-0.2, 0) is 9.59 Å². The summed E-state index contributed by atoms with van der Waals surface area (Å²) in [7, 11) is 0. The van der Waals surface area contributed by atoms with Crippen molar-refractivity contribution in [3.8, 4) is 0 Å². The summed E-state index contributed by atoms with van der Waals surface area (Å²) in [6.45, 7) is 5.72. The van der Waals surface area contributed by atoms with Crippen LogP contribution in [-0.4, -0.2) is 29.4 Å². The molecule has 0 saturated carbocycles. The van der Waals surface area contributed by atoms with E-state index in [9.17, 15) is 19.5 Å². The predicted octanol–water partition coefficient (Wildman–Crippen LogP) is 3.31. The van der Waals surface area contributed by atoms with Crippen molar-refractivity contribution in [2.45, 2.75) is 40.0 Å². The van der Waals surface area contributed by atoms with E-state index in [1.54, 1.807) is 26.8 Å². The molecule has 0 fully saturated rings. The molecular weight excluding hydrogens is 332 g/mol. The van der Waals surface area contributed by atoms with Crippen molar-refractivity contribution in [3.63, 3.8) is 0 Å². The van der Waals surface area contributed by atoms with Gasteiger partial charge in [-0.1, -0.05) is 25.4 Å². The van der Waals surface area contributed by atoms with Crippen LogP contribution in [0.5, 0.6) is 0 Å². The van der Waals surface area contributed by atoms with E-state index in [1.807, 2.05) is 0 Å². The molecule has 1 rings (SSSR count). The predicted molar refractivity (Wildman–Crippen MR) is 93.4 cm³/mol. The lowest BCUT2D eigenvalue weighted by Crippen LogP contribution is -2.34. The van der Waals surface area contributed by atoms with Gasteiger partial charge in [-0.05, 0) is 38.0 Å². The van der Waals surface area contributed by atoms with Gasteiger partial charge in [0.1, 0.15) is 0 Å². The quantitative estimate of drug-likeness (QED) is 0.667. The first kappa shape index (κ1) is 20.0. The molecule has 1 aromatic carbocycles. The van der Waals surface area contributed by atoms with Gasteiger partial charge >= 0.3 is 5.97 Å². The highest BCUT2D eigenvalue weighted by Gasteiger charge is 2.37. The molecule has 0 saturated heterocycles. The van der Waals surface area contributed by atoms with E-state index in [0.29, 0.717) is 24.4 Å². The molecule has 0 aliphatic carbocycles. The third-order valence-corrected chi connectivity index (χ3v) is 4.38. The zero-order valence-corrected chi connectivity index (χ0v) is 14.9. The lowest BCUT2D eigenvalue weighted by Gasteiger charge is -2.26. The molecule has 7 heteroatoms. The van der Waals surface area contributed by atoms with Crippen LogP contribution in [0, 0.1) is 5.41 Å². The van der Waals surface area contributed by atoms with E-state index < -0.39 is 17.3 Å². The Morgan fingerprint density at radius 1 is 1.17 bits per heavy atom. The first-order valence-corrected chi connectivity index (χ1v) is 8.28. The maximum atomic E-state index is 12.3. The van der Waals surface area contributed by atoms with Crippen LogP contribution in [0.3, 0.4) is 0 Å². The van der Waals surface area contributed by atoms with E-state index >= 15 is 0 Å². The van der Waals surface area contributed by atoms with Crippen molar-refractivity contribution >= 4 is 35.1 Å². The van der Waals surface area contributed by atoms with E-state index in [4.69, 9.17) is 11.6 Å². The van der Waals surface area contributed by atoms with E-state index in [2.05, 4.69) is 10.6 Å². The summed E-state index contributed by atoms with van der Waals surface area (Å²) in [6, 6.07) is 4.55. The number of hydrogen-bond donors (Lipinski definition) is 3. The van der Waals surface area contributed by atoms with Gasteiger partial charge in [-0.3, -0.25) is 14.4 Å². The second-order valence-electron chi connectivity index (χ2n) is 5.57. The number of aliphatic carboxylic acids is 1. The average molecular weight is 355 g/mol. The standard InChI is InChI=1S/C17H23ClN2O4/c1-4-17(5-2,16(23)24)10-14(21)20-13-9-11(18)7-8-12(13)15(22)19-6-3/h7-9H,4-6,10H2,1-3H3,(H,19,22)(H,20,21)(H,23,24). The molecule has 0 aliphatic heterocycles. The Kier molecular flexibility index (Phi) is 7.22. The molecule has 24 heavy (non-hydrogen) atoms. The highest BCUT2D eigenvalue weighted by Crippen LogP contribution is 2.32. The summed E-state index contributed by atoms with van der Waals surface area (Å²) in [5.41, 5.74) is -0.567. The number of benzene rings is 1. The van der Waals surface area contributed by atoms with Crippen molar-refractivity contribution in [2.24, 2.45) is 5.41 Å². The fourth-order valence-corrected chi connectivity index (χ4v) is 2.63. The zero-order chi connectivity index (χ0) is 18.3. The second kappa shape index (κ2) is 8.68. The van der Waals surface area contributed by atoms with Crippen LogP contribution >= 0.6 is 11.6 Å². The zero-order valence-electron chi connectivity index (χ0n) is 14.1. The fourth-order valence-electron chi connectivity index (χ4n) is 2.45. The smallest absolute Gasteiger partial charge is 0.310 e. The molecule has 0 atom stereocenters. The number of nitrogens with one attached hydrogen (secondary N) is 2. The van der Waals surface area contributed by atoms with Crippen molar-refractivity contribution in [3.05, 3.63) is 28.8 Å². The lowest BCUT2D eigenvalue weighted by molar-refractivity contribution is -0.151. The third kappa shape index (κ3) is 4.71. The number of anilines is 1. The van der Waals surface area contributed by atoms with Crippen LogP contribution in [0.2, 0.25) is 5.02 Å². The number of carbonyl (C=O) groups excluding carboxylic acids is 2. The van der Waals surface area contributed by atoms with Gasteiger partial charge < -0.3 is 15.7 Å². The Labute approximate surface area is 146 Å². The molecule has 132 valence electrons. The van der Waals surface area contributed by atoms with E-state index in [-0.39, 0.29) is 23.6 Å². The van der Waals surface area contributed by atoms with Crippen molar-refractivity contribution in [1.29, 1.82) is 0 Å². The third-order valence-electron chi connectivity index (χ3n) is 4.14. The normalized spacial score (nSPS) is 11.0. The molecule has 0 unspecified atom stereocenters. The van der Waals surface area contributed by atoms with Gasteiger partial charge in [0.2, 0.25) is 5.91 Å². The van der Waals surface area contributed by atoms with Crippen LogP contribution in [0.15, 0.2) is 18.2 Å². The molecule has 0 radical (unpaired) electrons. The van der Waals surface area contributed by atoms with Crippen LogP contribution in [0.4, 0.5) is 5.69 Å². The molecule has 0 heterocycles. The van der Waals surface area contributed by atoms with Gasteiger partial charge in [-0.15, -0.1) is 0 Å². The molecule has 0 spiro atoms. The SMILES string of the molecule is CCNC(=O)c1ccc(Cl)cc1NC(=O)CC(CC)(CC)C(=O)O. The van der Waals surface area contributed by atoms with Crippen LogP contribution in [0.25, 0.3) is 0 Å². The summed E-state index contributed by atoms with van der Waals surface area (Å²) >= 11 is 5.94. The maximum absolute atomic E-state index is 12.3. The highest BCUT2D eigenvalue weighted by molar-refractivity contribution is 6.31. The molecule has 0 aliphatic rings. The van der Waals surface area contributed by atoms with E-state index in [1.165, 1.54) is 12.1 Å². The Hall–Kier alpha value is -2.08. The minimum atomic E-state index is -1.12. The molecular formula is C17H23ClN2O4. The largest absolute Gasteiger partial charge is 0.481 e. The summed E-state index contributed by atoms with van der Waals surface area (Å²) in [4.78, 5) is 35.9. The minimum Gasteiger partial charge on any atom is -0.481 e. The molecule has 6 nitrogen and oxygen atoms in total. The van der Waals surface area contributed by atoms with E-state index in [0.717, 1.165) is 0 Å². The lowest BCUT2D eigenvalue weighted by atomic mass is 9.79. The fraction of sp³-hybridized carbons (Fsp3) is 0.471. The number of amides is 2. The van der Waals surface area contributed by atoms with Crippen molar-refractivity contribution < 1.29 is 19.5 Å². The first-order chi connectivity index (χ1) is 11.3. The molecule has 0 bridgehead atoms. The summed E-state index contributed by atoms with van der Waals surface area (Å²) < 4.78 is 0.